The molecule has 0 bridgehead atoms. The zero-order chi connectivity index (χ0) is 25.9. The van der Waals surface area contributed by atoms with Gasteiger partial charge in [0.2, 0.25) is 11.8 Å². The molecule has 37 heavy (non-hydrogen) atoms. The summed E-state index contributed by atoms with van der Waals surface area (Å²) < 4.78 is 13.5. The maximum atomic E-state index is 14.4. The van der Waals surface area contributed by atoms with Gasteiger partial charge in [-0.05, 0) is 48.2 Å². The van der Waals surface area contributed by atoms with Crippen LogP contribution in [0.4, 0.5) is 15.8 Å². The zero-order valence-electron chi connectivity index (χ0n) is 20.7. The van der Waals surface area contributed by atoms with Crippen LogP contribution in [0.2, 0.25) is 0 Å². The van der Waals surface area contributed by atoms with Gasteiger partial charge in [0.1, 0.15) is 11.4 Å². The SMILES string of the molecule is CC(C)C[C@H]1N[C@]2(C(=O)N(Cc3ccc(F)cc3)c3ccccc32)[C@@H]2C(=O)N(c3ccccc3)C(=O)[C@@H]21. The quantitative estimate of drug-likeness (QED) is 0.531. The molecule has 6 nitrogen and oxygen atoms in total. The zero-order valence-corrected chi connectivity index (χ0v) is 20.7. The highest BCUT2D eigenvalue weighted by atomic mass is 19.1. The fraction of sp³-hybridized carbons (Fsp3) is 0.300. The van der Waals surface area contributed by atoms with Crippen LogP contribution in [-0.2, 0) is 26.5 Å². The maximum absolute atomic E-state index is 14.4. The number of hydrogen-bond acceptors (Lipinski definition) is 4. The Hall–Kier alpha value is -3.84. The lowest BCUT2D eigenvalue weighted by Crippen LogP contribution is -2.55. The van der Waals surface area contributed by atoms with Gasteiger partial charge in [-0.2, -0.15) is 0 Å². The molecule has 4 atom stereocenters. The van der Waals surface area contributed by atoms with Gasteiger partial charge in [0.05, 0.1) is 24.1 Å². The summed E-state index contributed by atoms with van der Waals surface area (Å²) in [5.74, 6) is -2.49. The van der Waals surface area contributed by atoms with E-state index in [9.17, 15) is 18.8 Å². The molecule has 3 aliphatic heterocycles. The fourth-order valence-electron chi connectivity index (χ4n) is 6.42. The summed E-state index contributed by atoms with van der Waals surface area (Å²) in [6.07, 6.45) is 0.651. The molecule has 1 spiro atoms. The van der Waals surface area contributed by atoms with Gasteiger partial charge in [-0.1, -0.05) is 62.4 Å². The third-order valence-electron chi connectivity index (χ3n) is 7.86. The second-order valence-electron chi connectivity index (χ2n) is 10.6. The fourth-order valence-corrected chi connectivity index (χ4v) is 6.42. The molecule has 188 valence electrons. The van der Waals surface area contributed by atoms with Crippen molar-refractivity contribution in [3.05, 3.63) is 95.8 Å². The number of anilines is 2. The summed E-state index contributed by atoms with van der Waals surface area (Å²) in [7, 11) is 0. The van der Waals surface area contributed by atoms with Crippen LogP contribution in [0.15, 0.2) is 78.9 Å². The van der Waals surface area contributed by atoms with E-state index in [2.05, 4.69) is 19.2 Å². The van der Waals surface area contributed by atoms with Crippen molar-refractivity contribution in [1.82, 2.24) is 5.32 Å². The Morgan fingerprint density at radius 1 is 0.892 bits per heavy atom. The highest BCUT2D eigenvalue weighted by Crippen LogP contribution is 2.56. The molecular weight excluding hydrogens is 469 g/mol. The number of carbonyl (C=O) groups is 3. The summed E-state index contributed by atoms with van der Waals surface area (Å²) in [4.78, 5) is 45.3. The Kier molecular flexibility index (Phi) is 5.49. The Morgan fingerprint density at radius 3 is 2.27 bits per heavy atom. The molecule has 3 aromatic rings. The second-order valence-corrected chi connectivity index (χ2v) is 10.6. The second kappa shape index (κ2) is 8.63. The van der Waals surface area contributed by atoms with Crippen molar-refractivity contribution in [3.63, 3.8) is 0 Å². The molecule has 3 heterocycles. The van der Waals surface area contributed by atoms with Gasteiger partial charge in [-0.25, -0.2) is 9.29 Å². The first-order valence-electron chi connectivity index (χ1n) is 12.7. The number of nitrogens with zero attached hydrogens (tertiary/aromatic N) is 2. The van der Waals surface area contributed by atoms with Gasteiger partial charge in [-0.15, -0.1) is 0 Å². The minimum Gasteiger partial charge on any atom is -0.306 e. The van der Waals surface area contributed by atoms with Gasteiger partial charge in [0.25, 0.3) is 5.91 Å². The number of fused-ring (bicyclic) bond motifs is 4. The first-order chi connectivity index (χ1) is 17.8. The Balaban J connectivity index is 1.48. The molecule has 2 fully saturated rings. The van der Waals surface area contributed by atoms with Gasteiger partial charge < -0.3 is 4.90 Å². The van der Waals surface area contributed by atoms with Crippen molar-refractivity contribution in [2.45, 2.75) is 38.4 Å². The molecular formula is C30H28FN3O3. The summed E-state index contributed by atoms with van der Waals surface area (Å²) in [6, 6.07) is 22.1. The predicted molar refractivity (Wildman–Crippen MR) is 138 cm³/mol. The van der Waals surface area contributed by atoms with Crippen molar-refractivity contribution >= 4 is 29.1 Å². The Bertz CT molecular complexity index is 1390. The van der Waals surface area contributed by atoms with E-state index >= 15 is 0 Å². The summed E-state index contributed by atoms with van der Waals surface area (Å²) in [5.41, 5.74) is 1.35. The minimum atomic E-state index is -1.35. The van der Waals surface area contributed by atoms with Crippen LogP contribution in [0.5, 0.6) is 0 Å². The number of carbonyl (C=O) groups excluding carboxylic acids is 3. The lowest BCUT2D eigenvalue weighted by molar-refractivity contribution is -0.132. The van der Waals surface area contributed by atoms with Crippen molar-refractivity contribution in [2.75, 3.05) is 9.80 Å². The molecule has 0 aliphatic carbocycles. The smallest absolute Gasteiger partial charge is 0.253 e. The number of para-hydroxylation sites is 2. The van der Waals surface area contributed by atoms with E-state index < -0.39 is 17.4 Å². The molecule has 1 N–H and O–H groups in total. The average Bonchev–Trinajstić information content (AvgIpc) is 3.44. The number of amides is 3. The van der Waals surface area contributed by atoms with E-state index in [0.29, 0.717) is 23.4 Å². The first-order valence-corrected chi connectivity index (χ1v) is 12.7. The van der Waals surface area contributed by atoms with Gasteiger partial charge in [0.15, 0.2) is 0 Å². The molecule has 0 aromatic heterocycles. The van der Waals surface area contributed by atoms with E-state index in [4.69, 9.17) is 0 Å². The Labute approximate surface area is 215 Å². The predicted octanol–water partition coefficient (Wildman–Crippen LogP) is 4.39. The van der Waals surface area contributed by atoms with Crippen molar-refractivity contribution in [2.24, 2.45) is 17.8 Å². The van der Waals surface area contributed by atoms with Crippen LogP contribution in [0.25, 0.3) is 0 Å². The summed E-state index contributed by atoms with van der Waals surface area (Å²) >= 11 is 0. The minimum absolute atomic E-state index is 0.232. The number of hydrogen-bond donors (Lipinski definition) is 1. The molecule has 6 rings (SSSR count). The standard InChI is InChI=1S/C30H28FN3O3/c1-18(2)16-23-25-26(28(36)34(27(25)35)21-8-4-3-5-9-21)30(32-23)22-10-6-7-11-24(22)33(29(30)37)17-19-12-14-20(31)15-13-19/h3-15,18,23,25-26,32H,16-17H2,1-2H3/t23-,25-,26+,30+/m1/s1. The largest absolute Gasteiger partial charge is 0.306 e. The van der Waals surface area contributed by atoms with Crippen LogP contribution in [-0.4, -0.2) is 23.8 Å². The van der Waals surface area contributed by atoms with Crippen LogP contribution < -0.4 is 15.1 Å². The molecule has 3 aromatic carbocycles. The lowest BCUT2D eigenvalue weighted by Gasteiger charge is -2.31. The van der Waals surface area contributed by atoms with Crippen molar-refractivity contribution in [3.8, 4) is 0 Å². The molecule has 3 amide bonds. The lowest BCUT2D eigenvalue weighted by atomic mass is 9.76. The number of rotatable bonds is 5. The summed E-state index contributed by atoms with van der Waals surface area (Å²) in [5, 5.41) is 3.54. The monoisotopic (exact) mass is 497 g/mol. The van der Waals surface area contributed by atoms with Crippen LogP contribution in [0.3, 0.4) is 0 Å². The third-order valence-corrected chi connectivity index (χ3v) is 7.86. The number of nitrogens with one attached hydrogen (secondary N) is 1. The van der Waals surface area contributed by atoms with Crippen molar-refractivity contribution < 1.29 is 18.8 Å². The van der Waals surface area contributed by atoms with E-state index in [1.807, 2.05) is 30.3 Å². The van der Waals surface area contributed by atoms with Crippen molar-refractivity contribution in [1.29, 1.82) is 0 Å². The van der Waals surface area contributed by atoms with E-state index in [1.165, 1.54) is 17.0 Å². The summed E-state index contributed by atoms with van der Waals surface area (Å²) in [6.45, 7) is 4.38. The van der Waals surface area contributed by atoms with Gasteiger partial charge >= 0.3 is 0 Å². The van der Waals surface area contributed by atoms with E-state index in [0.717, 1.165) is 5.56 Å². The first kappa shape index (κ1) is 23.6. The average molecular weight is 498 g/mol. The molecule has 0 radical (unpaired) electrons. The van der Waals surface area contributed by atoms with Crippen LogP contribution in [0, 0.1) is 23.6 Å². The normalized spacial score (nSPS) is 26.5. The van der Waals surface area contributed by atoms with Crippen LogP contribution >= 0.6 is 0 Å². The molecule has 3 aliphatic rings. The molecule has 2 saturated heterocycles. The van der Waals surface area contributed by atoms with Crippen LogP contribution in [0.1, 0.15) is 31.4 Å². The highest BCUT2D eigenvalue weighted by Gasteiger charge is 2.71. The number of halogens is 1. The molecule has 0 saturated carbocycles. The van der Waals surface area contributed by atoms with Gasteiger partial charge in [0, 0.05) is 17.3 Å². The molecule has 7 heteroatoms. The number of benzene rings is 3. The van der Waals surface area contributed by atoms with E-state index in [1.54, 1.807) is 41.3 Å². The van der Waals surface area contributed by atoms with E-state index in [-0.39, 0.29) is 42.0 Å². The van der Waals surface area contributed by atoms with Gasteiger partial charge in [-0.3, -0.25) is 19.7 Å². The highest BCUT2D eigenvalue weighted by molar-refractivity contribution is 6.26. The number of imide groups is 1. The maximum Gasteiger partial charge on any atom is 0.253 e. The third kappa shape index (κ3) is 3.44. The topological polar surface area (TPSA) is 69.7 Å². The molecule has 0 unspecified atom stereocenters. The Morgan fingerprint density at radius 2 is 1.57 bits per heavy atom.